The van der Waals surface area contributed by atoms with E-state index in [1.54, 1.807) is 0 Å². The van der Waals surface area contributed by atoms with Gasteiger partial charge in [-0.05, 0) is 49.7 Å². The van der Waals surface area contributed by atoms with Crippen LogP contribution in [0.4, 0.5) is 0 Å². The van der Waals surface area contributed by atoms with Gasteiger partial charge in [0.2, 0.25) is 0 Å². The summed E-state index contributed by atoms with van der Waals surface area (Å²) in [5.74, 6) is 3.83. The largest absolute Gasteiger partial charge is 0.315 e. The fourth-order valence-corrected chi connectivity index (χ4v) is 4.22. The second-order valence-electron chi connectivity index (χ2n) is 5.30. The lowest BCUT2D eigenvalue weighted by atomic mass is 10.1. The molecule has 0 aromatic rings. The van der Waals surface area contributed by atoms with E-state index in [1.165, 1.54) is 56.8 Å². The number of rotatable bonds is 4. The van der Waals surface area contributed by atoms with Crippen LogP contribution in [0.15, 0.2) is 0 Å². The Hall–Kier alpha value is 0.270. The van der Waals surface area contributed by atoms with E-state index in [-0.39, 0.29) is 0 Å². The number of hydrogen-bond acceptors (Lipinski definition) is 3. The summed E-state index contributed by atoms with van der Waals surface area (Å²) < 4.78 is 0. The van der Waals surface area contributed by atoms with Gasteiger partial charge in [-0.25, -0.2) is 0 Å². The van der Waals surface area contributed by atoms with E-state index in [4.69, 9.17) is 0 Å². The Kier molecular flexibility index (Phi) is 3.23. The lowest BCUT2D eigenvalue weighted by molar-refractivity contribution is 0.173. The molecule has 0 spiro atoms. The Morgan fingerprint density at radius 1 is 1.13 bits per heavy atom. The Balaban J connectivity index is 1.57. The number of nitrogens with one attached hydrogen (secondary N) is 1. The summed E-state index contributed by atoms with van der Waals surface area (Å²) in [4.78, 5) is 2.84. The fourth-order valence-electron chi connectivity index (χ4n) is 2.95. The average molecular weight is 226 g/mol. The molecule has 2 nitrogen and oxygen atoms in total. The second-order valence-corrected chi connectivity index (χ2v) is 6.45. The molecule has 2 unspecified atom stereocenters. The van der Waals surface area contributed by atoms with Crippen LogP contribution in [0, 0.1) is 5.92 Å². The maximum atomic E-state index is 3.51. The standard InChI is InChI=1S/C12H22N2S/c1-2-11(1)14(12-3-5-13-7-12)8-10-4-6-15-9-10/h10-13H,1-9H2. The normalized spacial score (nSPS) is 36.6. The third-order valence-electron chi connectivity index (χ3n) is 4.01. The molecular weight excluding hydrogens is 204 g/mol. The minimum absolute atomic E-state index is 0.864. The van der Waals surface area contributed by atoms with Gasteiger partial charge in [-0.3, -0.25) is 4.90 Å². The predicted octanol–water partition coefficient (Wildman–Crippen LogP) is 1.57. The Morgan fingerprint density at radius 2 is 2.07 bits per heavy atom. The van der Waals surface area contributed by atoms with Crippen LogP contribution in [0.1, 0.15) is 25.7 Å². The van der Waals surface area contributed by atoms with Gasteiger partial charge >= 0.3 is 0 Å². The lowest BCUT2D eigenvalue weighted by Crippen LogP contribution is -2.41. The molecule has 1 aliphatic carbocycles. The molecule has 2 atom stereocenters. The van der Waals surface area contributed by atoms with Crippen molar-refractivity contribution in [1.82, 2.24) is 10.2 Å². The quantitative estimate of drug-likeness (QED) is 0.783. The van der Waals surface area contributed by atoms with Gasteiger partial charge in [-0.1, -0.05) is 0 Å². The number of hydrogen-bond donors (Lipinski definition) is 1. The highest BCUT2D eigenvalue weighted by molar-refractivity contribution is 7.99. The second kappa shape index (κ2) is 4.64. The van der Waals surface area contributed by atoms with Gasteiger partial charge in [0.05, 0.1) is 0 Å². The lowest BCUT2D eigenvalue weighted by Gasteiger charge is -2.30. The van der Waals surface area contributed by atoms with E-state index in [0.29, 0.717) is 0 Å². The molecule has 3 rings (SSSR count). The summed E-state index contributed by atoms with van der Waals surface area (Å²) in [6.45, 7) is 3.88. The topological polar surface area (TPSA) is 15.3 Å². The summed E-state index contributed by atoms with van der Waals surface area (Å²) in [6.07, 6.45) is 5.79. The Bertz CT molecular complexity index is 206. The highest BCUT2D eigenvalue weighted by Crippen LogP contribution is 2.33. The first kappa shape index (κ1) is 10.4. The van der Waals surface area contributed by atoms with Crippen molar-refractivity contribution in [2.75, 3.05) is 31.1 Å². The molecule has 3 heteroatoms. The third kappa shape index (κ3) is 2.51. The molecule has 86 valence electrons. The predicted molar refractivity (Wildman–Crippen MR) is 66.4 cm³/mol. The zero-order valence-electron chi connectivity index (χ0n) is 9.45. The van der Waals surface area contributed by atoms with Crippen molar-refractivity contribution < 1.29 is 0 Å². The van der Waals surface area contributed by atoms with Crippen molar-refractivity contribution in [2.45, 2.75) is 37.8 Å². The molecule has 0 radical (unpaired) electrons. The Morgan fingerprint density at radius 3 is 2.67 bits per heavy atom. The zero-order valence-corrected chi connectivity index (χ0v) is 10.3. The molecule has 3 fully saturated rings. The van der Waals surface area contributed by atoms with E-state index in [1.807, 2.05) is 0 Å². The third-order valence-corrected chi connectivity index (χ3v) is 5.24. The van der Waals surface area contributed by atoms with Gasteiger partial charge in [0.1, 0.15) is 0 Å². The smallest absolute Gasteiger partial charge is 0.0235 e. The summed E-state index contributed by atoms with van der Waals surface area (Å²) >= 11 is 2.16. The summed E-state index contributed by atoms with van der Waals surface area (Å²) in [6, 6.07) is 1.82. The SMILES string of the molecule is C1CC(N(CC2CCSC2)C2CC2)CN1. The first-order chi connectivity index (χ1) is 7.43. The maximum absolute atomic E-state index is 3.51. The van der Waals surface area contributed by atoms with Crippen LogP contribution in [0.5, 0.6) is 0 Å². The van der Waals surface area contributed by atoms with Crippen LogP contribution >= 0.6 is 11.8 Å². The maximum Gasteiger partial charge on any atom is 0.0235 e. The van der Waals surface area contributed by atoms with Crippen molar-refractivity contribution in [2.24, 2.45) is 5.92 Å². The summed E-state index contributed by atoms with van der Waals surface area (Å²) in [5, 5.41) is 3.51. The number of nitrogens with zero attached hydrogens (tertiary/aromatic N) is 1. The van der Waals surface area contributed by atoms with Crippen LogP contribution in [0.25, 0.3) is 0 Å². The van der Waals surface area contributed by atoms with E-state index < -0.39 is 0 Å². The van der Waals surface area contributed by atoms with Crippen molar-refractivity contribution in [3.63, 3.8) is 0 Å². The first-order valence-corrected chi connectivity index (χ1v) is 7.63. The molecule has 0 amide bonds. The van der Waals surface area contributed by atoms with Crippen LogP contribution < -0.4 is 5.32 Å². The highest BCUT2D eigenvalue weighted by atomic mass is 32.2. The molecule has 3 aliphatic rings. The van der Waals surface area contributed by atoms with Crippen molar-refractivity contribution in [3.8, 4) is 0 Å². The molecule has 0 bridgehead atoms. The van der Waals surface area contributed by atoms with Gasteiger partial charge in [0, 0.05) is 25.2 Å². The molecule has 1 saturated carbocycles. The molecule has 1 N–H and O–H groups in total. The molecule has 15 heavy (non-hydrogen) atoms. The van der Waals surface area contributed by atoms with E-state index in [9.17, 15) is 0 Å². The summed E-state index contributed by atoms with van der Waals surface area (Å²) in [5.41, 5.74) is 0. The van der Waals surface area contributed by atoms with Gasteiger partial charge in [0.25, 0.3) is 0 Å². The van der Waals surface area contributed by atoms with Gasteiger partial charge < -0.3 is 5.32 Å². The number of thioether (sulfide) groups is 1. The van der Waals surface area contributed by atoms with Gasteiger partial charge in [0.15, 0.2) is 0 Å². The molecule has 2 heterocycles. The fraction of sp³-hybridized carbons (Fsp3) is 1.00. The van der Waals surface area contributed by atoms with Crippen molar-refractivity contribution >= 4 is 11.8 Å². The minimum Gasteiger partial charge on any atom is -0.315 e. The minimum atomic E-state index is 0.864. The first-order valence-electron chi connectivity index (χ1n) is 6.47. The molecule has 0 aromatic heterocycles. The van der Waals surface area contributed by atoms with Crippen molar-refractivity contribution in [3.05, 3.63) is 0 Å². The molecular formula is C12H22N2S. The average Bonchev–Trinajstić information content (AvgIpc) is 2.78. The Labute approximate surface area is 97.2 Å². The molecule has 2 saturated heterocycles. The van der Waals surface area contributed by atoms with Gasteiger partial charge in [-0.15, -0.1) is 0 Å². The zero-order chi connectivity index (χ0) is 10.1. The van der Waals surface area contributed by atoms with Crippen molar-refractivity contribution in [1.29, 1.82) is 0 Å². The van der Waals surface area contributed by atoms with Crippen LogP contribution in [-0.4, -0.2) is 48.1 Å². The van der Waals surface area contributed by atoms with Gasteiger partial charge in [-0.2, -0.15) is 11.8 Å². The van der Waals surface area contributed by atoms with E-state index in [0.717, 1.165) is 18.0 Å². The monoisotopic (exact) mass is 226 g/mol. The van der Waals surface area contributed by atoms with E-state index in [2.05, 4.69) is 22.0 Å². The highest BCUT2D eigenvalue weighted by Gasteiger charge is 2.36. The molecule has 2 aliphatic heterocycles. The van der Waals surface area contributed by atoms with Crippen LogP contribution in [-0.2, 0) is 0 Å². The summed E-state index contributed by atoms with van der Waals surface area (Å²) in [7, 11) is 0. The van der Waals surface area contributed by atoms with Crippen LogP contribution in [0.2, 0.25) is 0 Å². The van der Waals surface area contributed by atoms with Crippen LogP contribution in [0.3, 0.4) is 0 Å². The van der Waals surface area contributed by atoms with E-state index >= 15 is 0 Å². The molecule has 0 aromatic carbocycles.